The molecule has 0 unspecified atom stereocenters. The van der Waals surface area contributed by atoms with Crippen LogP contribution in [0.5, 0.6) is 0 Å². The molecule has 9 nitrogen and oxygen atoms in total. The Labute approximate surface area is 137 Å². The van der Waals surface area contributed by atoms with Crippen molar-refractivity contribution in [2.24, 2.45) is 0 Å². The number of aromatic amines is 1. The highest BCUT2D eigenvalue weighted by Crippen LogP contribution is 2.32. The molecule has 0 fully saturated rings. The quantitative estimate of drug-likeness (QED) is 0.629. The highest BCUT2D eigenvalue weighted by molar-refractivity contribution is 5.96. The fourth-order valence-electron chi connectivity index (χ4n) is 2.05. The first kappa shape index (κ1) is 15.8. The Bertz CT molecular complexity index is 835. The third-order valence-corrected chi connectivity index (χ3v) is 2.94. The summed E-state index contributed by atoms with van der Waals surface area (Å²) in [6.45, 7) is 5.27. The Morgan fingerprint density at radius 1 is 1.33 bits per heavy atom. The number of carbonyl (C=O) groups excluding carboxylic acids is 1. The summed E-state index contributed by atoms with van der Waals surface area (Å²) >= 11 is 0. The first-order valence-electron chi connectivity index (χ1n) is 7.21. The molecule has 9 heteroatoms. The van der Waals surface area contributed by atoms with Gasteiger partial charge in [0.15, 0.2) is 0 Å². The van der Waals surface area contributed by atoms with E-state index >= 15 is 0 Å². The Balaban J connectivity index is 1.79. The predicted octanol–water partition coefficient (Wildman–Crippen LogP) is 3.00. The number of carbonyl (C=O) groups is 1. The molecule has 0 spiro atoms. The molecule has 0 aliphatic rings. The average molecular weight is 331 g/mol. The van der Waals surface area contributed by atoms with Crippen LogP contribution in [0.2, 0.25) is 0 Å². The number of nitrogens with one attached hydrogen (secondary N) is 3. The summed E-state index contributed by atoms with van der Waals surface area (Å²) in [5.41, 5.74) is 5.98. The van der Waals surface area contributed by atoms with Crippen molar-refractivity contribution in [1.29, 1.82) is 0 Å². The molecule has 1 amide bonds. The number of hydrogen-bond acceptors (Lipinski definition) is 7. The lowest BCUT2D eigenvalue weighted by molar-refractivity contribution is 0.00820. The molecule has 3 aromatic rings. The third-order valence-electron chi connectivity index (χ3n) is 2.94. The fraction of sp³-hybridized carbons (Fsp3) is 0.267. The highest BCUT2D eigenvalue weighted by Gasteiger charge is 2.18. The Hall–Kier alpha value is -3.07. The van der Waals surface area contributed by atoms with Gasteiger partial charge in [0.2, 0.25) is 5.89 Å². The van der Waals surface area contributed by atoms with E-state index in [2.05, 4.69) is 25.9 Å². The van der Waals surface area contributed by atoms with Crippen molar-refractivity contribution < 1.29 is 18.9 Å². The molecule has 3 N–H and O–H groups in total. The summed E-state index contributed by atoms with van der Waals surface area (Å²) in [5.74, 6) is 0.369. The van der Waals surface area contributed by atoms with Crippen molar-refractivity contribution in [3.63, 3.8) is 0 Å². The number of aromatic nitrogens is 3. The van der Waals surface area contributed by atoms with E-state index in [1.807, 2.05) is 6.07 Å². The first-order chi connectivity index (χ1) is 11.4. The lowest BCUT2D eigenvalue weighted by Gasteiger charge is -2.19. The van der Waals surface area contributed by atoms with Crippen LogP contribution >= 0.6 is 0 Å². The van der Waals surface area contributed by atoms with E-state index in [1.54, 1.807) is 33.2 Å². The SMILES string of the molecule is CC(C)(C)OC(=O)NONc1c(-c2ncco2)cnc2[nH]ccc12. The van der Waals surface area contributed by atoms with E-state index in [0.29, 0.717) is 22.8 Å². The minimum atomic E-state index is -0.716. The van der Waals surface area contributed by atoms with Crippen molar-refractivity contribution in [1.82, 2.24) is 20.4 Å². The minimum absolute atomic E-state index is 0.369. The van der Waals surface area contributed by atoms with Gasteiger partial charge in [-0.2, -0.15) is 10.4 Å². The zero-order chi connectivity index (χ0) is 17.2. The van der Waals surface area contributed by atoms with Crippen molar-refractivity contribution in [3.05, 3.63) is 30.9 Å². The summed E-state index contributed by atoms with van der Waals surface area (Å²) in [7, 11) is 0. The molecule has 0 atom stereocenters. The molecule has 0 bridgehead atoms. The van der Waals surface area contributed by atoms with Crippen LogP contribution in [-0.2, 0) is 9.68 Å². The predicted molar refractivity (Wildman–Crippen MR) is 85.7 cm³/mol. The van der Waals surface area contributed by atoms with Crippen LogP contribution in [0.15, 0.2) is 35.3 Å². The molecule has 3 heterocycles. The van der Waals surface area contributed by atoms with Gasteiger partial charge in [0.05, 0.1) is 17.4 Å². The Morgan fingerprint density at radius 3 is 2.88 bits per heavy atom. The maximum absolute atomic E-state index is 11.6. The van der Waals surface area contributed by atoms with Crippen LogP contribution in [0, 0.1) is 0 Å². The third kappa shape index (κ3) is 3.46. The van der Waals surface area contributed by atoms with E-state index in [0.717, 1.165) is 5.39 Å². The molecule has 24 heavy (non-hydrogen) atoms. The van der Waals surface area contributed by atoms with E-state index in [9.17, 15) is 4.79 Å². The smallest absolute Gasteiger partial charge is 0.433 e. The summed E-state index contributed by atoms with van der Waals surface area (Å²) in [6, 6.07) is 1.81. The van der Waals surface area contributed by atoms with Crippen molar-refractivity contribution >= 4 is 22.8 Å². The normalized spacial score (nSPS) is 11.5. The number of ether oxygens (including phenoxy) is 1. The highest BCUT2D eigenvalue weighted by atomic mass is 16.8. The number of anilines is 1. The van der Waals surface area contributed by atoms with Crippen LogP contribution in [0.3, 0.4) is 0 Å². The van der Waals surface area contributed by atoms with Gasteiger partial charge in [-0.1, -0.05) is 0 Å². The molecule has 0 saturated heterocycles. The number of pyridine rings is 1. The summed E-state index contributed by atoms with van der Waals surface area (Å²) in [4.78, 5) is 28.1. The van der Waals surface area contributed by atoms with Crippen LogP contribution in [0.25, 0.3) is 22.5 Å². The molecule has 126 valence electrons. The molecular weight excluding hydrogens is 314 g/mol. The lowest BCUT2D eigenvalue weighted by Crippen LogP contribution is -2.33. The lowest BCUT2D eigenvalue weighted by atomic mass is 10.2. The standard InChI is InChI=1S/C15H17N5O4/c1-15(2,3)23-14(21)20-24-19-11-9-4-5-16-12(9)18-8-10(11)13-17-6-7-22-13/h4-8H,1-3H3,(H,20,21)(H2,16,18,19). The molecule has 0 aliphatic heterocycles. The number of hydrogen-bond donors (Lipinski definition) is 3. The van der Waals surface area contributed by atoms with E-state index in [4.69, 9.17) is 14.1 Å². The summed E-state index contributed by atoms with van der Waals surface area (Å²) in [5, 5.41) is 0.747. The second-order valence-electron chi connectivity index (χ2n) is 5.93. The van der Waals surface area contributed by atoms with Crippen molar-refractivity contribution in [3.8, 4) is 11.5 Å². The van der Waals surface area contributed by atoms with Crippen LogP contribution in [-0.4, -0.2) is 26.6 Å². The van der Waals surface area contributed by atoms with E-state index < -0.39 is 11.7 Å². The monoisotopic (exact) mass is 331 g/mol. The van der Waals surface area contributed by atoms with E-state index in [1.165, 1.54) is 12.5 Å². The van der Waals surface area contributed by atoms with Crippen LogP contribution < -0.4 is 11.0 Å². The van der Waals surface area contributed by atoms with Gasteiger partial charge in [0.1, 0.15) is 17.5 Å². The van der Waals surface area contributed by atoms with Gasteiger partial charge < -0.3 is 14.1 Å². The number of nitrogens with zero attached hydrogens (tertiary/aromatic N) is 2. The Morgan fingerprint density at radius 2 is 2.17 bits per heavy atom. The molecular formula is C15H17N5O4. The zero-order valence-corrected chi connectivity index (χ0v) is 13.4. The maximum Gasteiger partial charge on any atom is 0.433 e. The fourth-order valence-corrected chi connectivity index (χ4v) is 2.05. The van der Waals surface area contributed by atoms with Gasteiger partial charge in [-0.3, -0.25) is 0 Å². The van der Waals surface area contributed by atoms with Gasteiger partial charge >= 0.3 is 6.09 Å². The zero-order valence-electron chi connectivity index (χ0n) is 13.4. The van der Waals surface area contributed by atoms with Crippen molar-refractivity contribution in [2.45, 2.75) is 26.4 Å². The van der Waals surface area contributed by atoms with E-state index in [-0.39, 0.29) is 0 Å². The summed E-state index contributed by atoms with van der Waals surface area (Å²) < 4.78 is 10.4. The van der Waals surface area contributed by atoms with Gasteiger partial charge in [-0.05, 0) is 26.8 Å². The van der Waals surface area contributed by atoms with Crippen LogP contribution in [0.4, 0.5) is 10.5 Å². The van der Waals surface area contributed by atoms with Gasteiger partial charge in [0, 0.05) is 17.8 Å². The molecule has 3 rings (SSSR count). The second-order valence-corrected chi connectivity index (χ2v) is 5.93. The second kappa shape index (κ2) is 6.20. The number of oxazole rings is 1. The first-order valence-corrected chi connectivity index (χ1v) is 7.21. The van der Waals surface area contributed by atoms with Crippen LogP contribution in [0.1, 0.15) is 20.8 Å². The Kier molecular flexibility index (Phi) is 4.09. The molecule has 0 radical (unpaired) electrons. The number of hydroxylamine groups is 1. The average Bonchev–Trinajstić information content (AvgIpc) is 3.16. The largest absolute Gasteiger partial charge is 0.444 e. The minimum Gasteiger partial charge on any atom is -0.444 e. The maximum atomic E-state index is 11.6. The van der Waals surface area contributed by atoms with Gasteiger partial charge in [-0.25, -0.2) is 20.2 Å². The number of rotatable bonds is 4. The summed E-state index contributed by atoms with van der Waals surface area (Å²) in [6.07, 6.45) is 5.60. The van der Waals surface area contributed by atoms with Crippen molar-refractivity contribution in [2.75, 3.05) is 5.48 Å². The van der Waals surface area contributed by atoms with Gasteiger partial charge in [0.25, 0.3) is 0 Å². The topological polar surface area (TPSA) is 114 Å². The van der Waals surface area contributed by atoms with Gasteiger partial charge in [-0.15, -0.1) is 0 Å². The molecule has 0 aliphatic carbocycles. The molecule has 0 aromatic carbocycles. The number of fused-ring (bicyclic) bond motifs is 1. The number of amides is 1. The number of H-pyrrole nitrogens is 1. The molecule has 0 saturated carbocycles. The molecule has 3 aromatic heterocycles.